The average Bonchev–Trinajstić information content (AvgIpc) is 1.65. The lowest BCUT2D eigenvalue weighted by molar-refractivity contribution is -0.120. The third-order valence-electron chi connectivity index (χ3n) is 0.640. The Morgan fingerprint density at radius 3 is 2.43 bits per heavy atom. The van der Waals surface area contributed by atoms with E-state index in [9.17, 15) is 9.18 Å². The Labute approximate surface area is 41.5 Å². The van der Waals surface area contributed by atoms with Gasteiger partial charge in [0.25, 0.3) is 0 Å². The number of hydrogen-bond donors (Lipinski definition) is 1. The molecule has 1 atom stereocenters. The second kappa shape index (κ2) is 2.69. The average molecular weight is 105 g/mol. The van der Waals surface area contributed by atoms with Gasteiger partial charge in [-0.05, 0) is 6.92 Å². The molecule has 0 heterocycles. The van der Waals surface area contributed by atoms with Crippen molar-refractivity contribution in [1.82, 2.24) is 0 Å². The Balaban J connectivity index is 3.35. The molecule has 0 aromatic rings. The van der Waals surface area contributed by atoms with E-state index >= 15 is 0 Å². The topological polar surface area (TPSA) is 43.1 Å². The fourth-order valence-corrected chi connectivity index (χ4v) is 0.122. The first-order valence-electron chi connectivity index (χ1n) is 2.02. The van der Waals surface area contributed by atoms with E-state index in [1.807, 2.05) is 0 Å². The standard InChI is InChI=1S/C4H8FNO/c1-3(6)4(7)2-5/h3H,2,6H2,1H3/t3-/m0/s1. The van der Waals surface area contributed by atoms with E-state index in [-0.39, 0.29) is 0 Å². The third kappa shape index (κ3) is 2.28. The fraction of sp³-hybridized carbons (Fsp3) is 0.750. The lowest BCUT2D eigenvalue weighted by Gasteiger charge is -1.94. The largest absolute Gasteiger partial charge is 0.322 e. The van der Waals surface area contributed by atoms with Crippen LogP contribution in [0.5, 0.6) is 0 Å². The summed E-state index contributed by atoms with van der Waals surface area (Å²) in [5.41, 5.74) is 4.96. The maximum absolute atomic E-state index is 11.2. The molecule has 7 heavy (non-hydrogen) atoms. The van der Waals surface area contributed by atoms with E-state index in [1.165, 1.54) is 6.92 Å². The first-order chi connectivity index (χ1) is 3.18. The number of halogens is 1. The van der Waals surface area contributed by atoms with Crippen LogP contribution in [0.1, 0.15) is 6.92 Å². The van der Waals surface area contributed by atoms with Crippen LogP contribution in [0.3, 0.4) is 0 Å². The molecule has 2 N–H and O–H groups in total. The van der Waals surface area contributed by atoms with Crippen molar-refractivity contribution in [3.8, 4) is 0 Å². The van der Waals surface area contributed by atoms with Gasteiger partial charge in [-0.2, -0.15) is 0 Å². The maximum Gasteiger partial charge on any atom is 0.180 e. The van der Waals surface area contributed by atoms with Gasteiger partial charge < -0.3 is 5.73 Å². The summed E-state index contributed by atoms with van der Waals surface area (Å²) in [6.45, 7) is 0.513. The molecule has 0 bridgehead atoms. The summed E-state index contributed by atoms with van der Waals surface area (Å²) in [5, 5.41) is 0. The zero-order valence-corrected chi connectivity index (χ0v) is 4.15. The van der Waals surface area contributed by atoms with Crippen LogP contribution in [0.2, 0.25) is 0 Å². The second-order valence-electron chi connectivity index (χ2n) is 1.39. The van der Waals surface area contributed by atoms with Crippen molar-refractivity contribution in [2.24, 2.45) is 5.73 Å². The molecule has 0 radical (unpaired) electrons. The van der Waals surface area contributed by atoms with Gasteiger partial charge in [-0.15, -0.1) is 0 Å². The van der Waals surface area contributed by atoms with Gasteiger partial charge in [0.15, 0.2) is 5.78 Å². The van der Waals surface area contributed by atoms with Crippen LogP contribution in [0.4, 0.5) is 4.39 Å². The third-order valence-corrected chi connectivity index (χ3v) is 0.640. The van der Waals surface area contributed by atoms with Crippen LogP contribution in [-0.4, -0.2) is 18.5 Å². The highest BCUT2D eigenvalue weighted by Crippen LogP contribution is 1.78. The summed E-state index contributed by atoms with van der Waals surface area (Å²) in [5.74, 6) is -0.542. The van der Waals surface area contributed by atoms with E-state index in [4.69, 9.17) is 5.73 Å². The van der Waals surface area contributed by atoms with Gasteiger partial charge in [0.2, 0.25) is 0 Å². The number of carbonyl (C=O) groups is 1. The summed E-state index contributed by atoms with van der Waals surface area (Å²) in [4.78, 5) is 10.0. The van der Waals surface area contributed by atoms with E-state index < -0.39 is 18.5 Å². The molecule has 0 unspecified atom stereocenters. The molecule has 0 saturated carbocycles. The van der Waals surface area contributed by atoms with Gasteiger partial charge in [0.1, 0.15) is 6.67 Å². The zero-order chi connectivity index (χ0) is 5.86. The van der Waals surface area contributed by atoms with Crippen LogP contribution >= 0.6 is 0 Å². The lowest BCUT2D eigenvalue weighted by atomic mass is 10.2. The summed E-state index contributed by atoms with van der Waals surface area (Å²) in [6, 6.07) is -0.648. The van der Waals surface area contributed by atoms with Gasteiger partial charge in [-0.1, -0.05) is 0 Å². The lowest BCUT2D eigenvalue weighted by Crippen LogP contribution is -2.27. The van der Waals surface area contributed by atoms with Crippen LogP contribution in [0.15, 0.2) is 0 Å². The number of carbonyl (C=O) groups excluding carboxylic acids is 1. The Morgan fingerprint density at radius 2 is 2.43 bits per heavy atom. The predicted molar refractivity (Wildman–Crippen MR) is 24.6 cm³/mol. The van der Waals surface area contributed by atoms with Gasteiger partial charge in [-0.25, -0.2) is 4.39 Å². The number of alkyl halides is 1. The van der Waals surface area contributed by atoms with Crippen molar-refractivity contribution in [3.63, 3.8) is 0 Å². The zero-order valence-electron chi connectivity index (χ0n) is 4.15. The number of ketones is 1. The highest BCUT2D eigenvalue weighted by Gasteiger charge is 2.03. The Morgan fingerprint density at radius 1 is 2.00 bits per heavy atom. The van der Waals surface area contributed by atoms with Crippen molar-refractivity contribution >= 4 is 5.78 Å². The Kier molecular flexibility index (Phi) is 2.52. The normalized spacial score (nSPS) is 13.6. The first kappa shape index (κ1) is 6.56. The molecule has 0 aromatic heterocycles. The highest BCUT2D eigenvalue weighted by atomic mass is 19.1. The molecular weight excluding hydrogens is 97.0 g/mol. The monoisotopic (exact) mass is 105 g/mol. The number of nitrogens with two attached hydrogens (primary N) is 1. The van der Waals surface area contributed by atoms with E-state index in [0.29, 0.717) is 0 Å². The molecule has 0 amide bonds. The second-order valence-corrected chi connectivity index (χ2v) is 1.39. The number of hydrogen-bond acceptors (Lipinski definition) is 2. The summed E-state index contributed by atoms with van der Waals surface area (Å²) in [7, 11) is 0. The summed E-state index contributed by atoms with van der Waals surface area (Å²) < 4.78 is 11.2. The van der Waals surface area contributed by atoms with Crippen molar-refractivity contribution in [2.45, 2.75) is 13.0 Å². The molecular formula is C4H8FNO. The molecule has 0 spiro atoms. The van der Waals surface area contributed by atoms with Gasteiger partial charge >= 0.3 is 0 Å². The fourth-order valence-electron chi connectivity index (χ4n) is 0.122. The number of Topliss-reactive ketones (excluding diaryl/α,β-unsaturated/α-hetero) is 1. The highest BCUT2D eigenvalue weighted by molar-refractivity contribution is 5.84. The van der Waals surface area contributed by atoms with Crippen molar-refractivity contribution in [2.75, 3.05) is 6.67 Å². The molecule has 0 rings (SSSR count). The quantitative estimate of drug-likeness (QED) is 0.531. The van der Waals surface area contributed by atoms with Gasteiger partial charge in [0.05, 0.1) is 6.04 Å². The summed E-state index contributed by atoms with van der Waals surface area (Å²) in [6.07, 6.45) is 0. The van der Waals surface area contributed by atoms with Crippen molar-refractivity contribution in [1.29, 1.82) is 0 Å². The van der Waals surface area contributed by atoms with E-state index in [2.05, 4.69) is 0 Å². The minimum absolute atomic E-state index is 0.542. The van der Waals surface area contributed by atoms with Crippen molar-refractivity contribution in [3.05, 3.63) is 0 Å². The smallest absolute Gasteiger partial charge is 0.180 e. The molecule has 2 nitrogen and oxygen atoms in total. The molecule has 0 aliphatic rings. The van der Waals surface area contributed by atoms with Crippen LogP contribution < -0.4 is 5.73 Å². The molecule has 3 heteroatoms. The number of rotatable bonds is 2. The van der Waals surface area contributed by atoms with Crippen molar-refractivity contribution < 1.29 is 9.18 Å². The SMILES string of the molecule is C[C@H](N)C(=O)CF. The molecule has 0 saturated heterocycles. The predicted octanol–water partition coefficient (Wildman–Crippen LogP) is -0.128. The first-order valence-corrected chi connectivity index (χ1v) is 2.02. The molecule has 0 fully saturated rings. The molecule has 0 aromatic carbocycles. The van der Waals surface area contributed by atoms with E-state index in [0.717, 1.165) is 0 Å². The van der Waals surface area contributed by atoms with E-state index in [1.54, 1.807) is 0 Å². The Hall–Kier alpha value is -0.440. The summed E-state index contributed by atoms with van der Waals surface area (Å²) >= 11 is 0. The van der Waals surface area contributed by atoms with Crippen LogP contribution in [0, 0.1) is 0 Å². The minimum Gasteiger partial charge on any atom is -0.322 e. The van der Waals surface area contributed by atoms with Gasteiger partial charge in [0, 0.05) is 0 Å². The molecule has 42 valence electrons. The molecule has 0 aliphatic carbocycles. The van der Waals surface area contributed by atoms with Crippen LogP contribution in [0.25, 0.3) is 0 Å². The van der Waals surface area contributed by atoms with Crippen LogP contribution in [-0.2, 0) is 4.79 Å². The minimum atomic E-state index is -0.947. The maximum atomic E-state index is 11.2. The van der Waals surface area contributed by atoms with Gasteiger partial charge in [-0.3, -0.25) is 4.79 Å². The molecule has 0 aliphatic heterocycles. The Bertz CT molecular complexity index is 72.1.